The predicted molar refractivity (Wildman–Crippen MR) is 53.5 cm³/mol. The lowest BCUT2D eigenvalue weighted by molar-refractivity contribution is -0.928. The van der Waals surface area contributed by atoms with Crippen LogP contribution in [0.5, 0.6) is 0 Å². The fourth-order valence-electron chi connectivity index (χ4n) is 1.22. The molecule has 0 heterocycles. The molecule has 0 aliphatic rings. The summed E-state index contributed by atoms with van der Waals surface area (Å²) in [5.74, 6) is -0.765. The normalized spacial score (nSPS) is 16.3. The summed E-state index contributed by atoms with van der Waals surface area (Å²) in [5, 5.41) is 9.17. The molecule has 3 nitrogen and oxygen atoms in total. The van der Waals surface area contributed by atoms with E-state index in [-0.39, 0.29) is 0 Å². The van der Waals surface area contributed by atoms with Crippen LogP contribution in [0, 0.1) is 0 Å². The zero-order valence-electron chi connectivity index (χ0n) is 9.00. The minimum absolute atomic E-state index is 0.467. The number of nitrogens with zero attached hydrogens (tertiary/aromatic N) is 1. The first-order valence-electron chi connectivity index (χ1n) is 4.49. The fourth-order valence-corrected chi connectivity index (χ4v) is 1.22. The van der Waals surface area contributed by atoms with Crippen molar-refractivity contribution in [3.05, 3.63) is 12.7 Å². The van der Waals surface area contributed by atoms with E-state index < -0.39 is 11.5 Å². The van der Waals surface area contributed by atoms with Gasteiger partial charge in [-0.1, -0.05) is 6.08 Å². The van der Waals surface area contributed by atoms with Gasteiger partial charge in [-0.05, 0) is 6.92 Å². The molecule has 76 valence electrons. The van der Waals surface area contributed by atoms with Gasteiger partial charge in [-0.25, -0.2) is 4.79 Å². The largest absolute Gasteiger partial charge is 0.477 e. The van der Waals surface area contributed by atoms with Gasteiger partial charge in [0.25, 0.3) is 0 Å². The lowest BCUT2D eigenvalue weighted by Crippen LogP contribution is -2.61. The number of rotatable bonds is 5. The van der Waals surface area contributed by atoms with Crippen LogP contribution in [0.4, 0.5) is 0 Å². The van der Waals surface area contributed by atoms with Crippen molar-refractivity contribution in [3.63, 3.8) is 0 Å². The van der Waals surface area contributed by atoms with E-state index >= 15 is 0 Å². The molecule has 0 saturated heterocycles. The number of aliphatic carboxylic acids is 1. The molecule has 0 radical (unpaired) electrons. The third-order valence-corrected chi connectivity index (χ3v) is 3.13. The van der Waals surface area contributed by atoms with Crippen molar-refractivity contribution in [1.82, 2.24) is 0 Å². The van der Waals surface area contributed by atoms with Crippen LogP contribution in [0.3, 0.4) is 0 Å². The van der Waals surface area contributed by atoms with Crippen molar-refractivity contribution in [2.24, 2.45) is 0 Å². The van der Waals surface area contributed by atoms with Crippen molar-refractivity contribution in [2.75, 3.05) is 20.6 Å². The van der Waals surface area contributed by atoms with Gasteiger partial charge in [-0.15, -0.1) is 6.58 Å². The Hall–Kier alpha value is -0.830. The Labute approximate surface area is 80.3 Å². The highest BCUT2D eigenvalue weighted by atomic mass is 16.4. The van der Waals surface area contributed by atoms with Crippen LogP contribution in [0.15, 0.2) is 12.7 Å². The van der Waals surface area contributed by atoms with E-state index in [1.54, 1.807) is 13.0 Å². The Morgan fingerprint density at radius 2 is 2.08 bits per heavy atom. The molecule has 0 aromatic rings. The standard InChI is InChI=1S/C10H19NO2/c1-6-8-10(3,9(12)13)11(4,5)7-2/h6H,1,7-8H2,2-5H3/p+1. The number of carboxylic acid groups (broad SMARTS) is 1. The van der Waals surface area contributed by atoms with E-state index in [0.29, 0.717) is 10.9 Å². The van der Waals surface area contributed by atoms with Crippen molar-refractivity contribution in [1.29, 1.82) is 0 Å². The van der Waals surface area contributed by atoms with Crippen molar-refractivity contribution < 1.29 is 14.4 Å². The molecule has 1 N–H and O–H groups in total. The number of hydrogen-bond donors (Lipinski definition) is 1. The predicted octanol–water partition coefficient (Wildman–Crippen LogP) is 1.50. The summed E-state index contributed by atoms with van der Waals surface area (Å²) in [6, 6.07) is 0. The molecule has 3 heteroatoms. The van der Waals surface area contributed by atoms with Gasteiger partial charge in [0.1, 0.15) is 0 Å². The number of likely N-dealkylation sites (N-methyl/N-ethyl adjacent to an activating group) is 1. The van der Waals surface area contributed by atoms with Gasteiger partial charge in [0.2, 0.25) is 0 Å². The van der Waals surface area contributed by atoms with Gasteiger partial charge < -0.3 is 9.59 Å². The maximum atomic E-state index is 11.2. The number of hydrogen-bond acceptors (Lipinski definition) is 1. The van der Waals surface area contributed by atoms with Gasteiger partial charge in [-0.3, -0.25) is 0 Å². The van der Waals surface area contributed by atoms with Crippen LogP contribution in [-0.4, -0.2) is 41.7 Å². The second-order valence-electron chi connectivity index (χ2n) is 4.07. The molecule has 1 unspecified atom stereocenters. The highest BCUT2D eigenvalue weighted by molar-refractivity contribution is 5.77. The Kier molecular flexibility index (Phi) is 3.67. The molecule has 0 bridgehead atoms. The van der Waals surface area contributed by atoms with Gasteiger partial charge in [-0.2, -0.15) is 0 Å². The lowest BCUT2D eigenvalue weighted by Gasteiger charge is -2.42. The minimum Gasteiger partial charge on any atom is -0.477 e. The monoisotopic (exact) mass is 186 g/mol. The second-order valence-corrected chi connectivity index (χ2v) is 4.07. The third kappa shape index (κ3) is 2.10. The van der Waals surface area contributed by atoms with Crippen LogP contribution in [0.2, 0.25) is 0 Å². The molecule has 0 fully saturated rings. The summed E-state index contributed by atoms with van der Waals surface area (Å²) in [6.45, 7) is 8.15. The molecular weight excluding hydrogens is 166 g/mol. The van der Waals surface area contributed by atoms with E-state index in [0.717, 1.165) is 6.54 Å². The highest BCUT2D eigenvalue weighted by Crippen LogP contribution is 2.25. The molecular formula is C10H20NO2+. The number of carbonyl (C=O) groups is 1. The maximum Gasteiger partial charge on any atom is 0.365 e. The maximum absolute atomic E-state index is 11.2. The van der Waals surface area contributed by atoms with Crippen LogP contribution in [0.1, 0.15) is 20.3 Å². The smallest absolute Gasteiger partial charge is 0.365 e. The molecule has 1 atom stereocenters. The molecule has 0 aliphatic carbocycles. The Balaban J connectivity index is 4.99. The second kappa shape index (κ2) is 3.92. The summed E-state index contributed by atoms with van der Waals surface area (Å²) in [5.41, 5.74) is -0.767. The third-order valence-electron chi connectivity index (χ3n) is 3.13. The van der Waals surface area contributed by atoms with E-state index in [1.807, 2.05) is 21.0 Å². The van der Waals surface area contributed by atoms with Crippen LogP contribution in [-0.2, 0) is 4.79 Å². The average Bonchev–Trinajstić information content (AvgIpc) is 2.04. The molecule has 0 saturated carbocycles. The van der Waals surface area contributed by atoms with Gasteiger partial charge in [0, 0.05) is 13.3 Å². The summed E-state index contributed by atoms with van der Waals surface area (Å²) in [4.78, 5) is 11.2. The van der Waals surface area contributed by atoms with Gasteiger partial charge in [0.05, 0.1) is 20.6 Å². The summed E-state index contributed by atoms with van der Waals surface area (Å²) < 4.78 is 0.467. The van der Waals surface area contributed by atoms with Crippen molar-refractivity contribution in [2.45, 2.75) is 25.8 Å². The first kappa shape index (κ1) is 12.2. The molecule has 0 spiro atoms. The van der Waals surface area contributed by atoms with Crippen LogP contribution >= 0.6 is 0 Å². The van der Waals surface area contributed by atoms with Gasteiger partial charge >= 0.3 is 5.97 Å². The van der Waals surface area contributed by atoms with E-state index in [9.17, 15) is 4.79 Å². The molecule has 13 heavy (non-hydrogen) atoms. The summed E-state index contributed by atoms with van der Waals surface area (Å²) in [6.07, 6.45) is 2.16. The van der Waals surface area contributed by atoms with Crippen molar-refractivity contribution >= 4 is 5.97 Å². The summed E-state index contributed by atoms with van der Waals surface area (Å²) >= 11 is 0. The minimum atomic E-state index is -0.767. The Morgan fingerprint density at radius 3 is 2.31 bits per heavy atom. The van der Waals surface area contributed by atoms with Gasteiger partial charge in [0.15, 0.2) is 5.54 Å². The van der Waals surface area contributed by atoms with E-state index in [1.165, 1.54) is 0 Å². The van der Waals surface area contributed by atoms with E-state index in [4.69, 9.17) is 5.11 Å². The summed E-state index contributed by atoms with van der Waals surface area (Å²) in [7, 11) is 3.86. The SMILES string of the molecule is C=CCC(C)(C(=O)O)[N+](C)(C)CC. The molecule has 0 amide bonds. The quantitative estimate of drug-likeness (QED) is 0.522. The fraction of sp³-hybridized carbons (Fsp3) is 0.700. The first-order valence-corrected chi connectivity index (χ1v) is 4.49. The lowest BCUT2D eigenvalue weighted by atomic mass is 9.93. The van der Waals surface area contributed by atoms with Crippen LogP contribution < -0.4 is 0 Å². The average molecular weight is 186 g/mol. The van der Waals surface area contributed by atoms with Crippen LogP contribution in [0.25, 0.3) is 0 Å². The zero-order valence-corrected chi connectivity index (χ0v) is 9.00. The Morgan fingerprint density at radius 1 is 1.62 bits per heavy atom. The molecule has 0 aromatic heterocycles. The number of carboxylic acids is 1. The first-order chi connectivity index (χ1) is 5.81. The molecule has 0 rings (SSSR count). The Bertz CT molecular complexity index is 211. The molecule has 0 aromatic carbocycles. The molecule has 0 aliphatic heterocycles. The highest BCUT2D eigenvalue weighted by Gasteiger charge is 2.46. The topological polar surface area (TPSA) is 37.3 Å². The van der Waals surface area contributed by atoms with Crippen molar-refractivity contribution in [3.8, 4) is 0 Å². The van der Waals surface area contributed by atoms with E-state index in [2.05, 4.69) is 6.58 Å². The number of quaternary nitrogens is 1. The zero-order chi connectivity index (χ0) is 10.7.